The molecule has 0 saturated heterocycles. The minimum Gasteiger partial charge on any atom is -0.321 e. The molecule has 1 amide bonds. The molecule has 0 bridgehead atoms. The van der Waals surface area contributed by atoms with Crippen LogP contribution in [-0.4, -0.2) is 11.7 Å². The molecule has 0 spiro atoms. The highest BCUT2D eigenvalue weighted by molar-refractivity contribution is 7.80. The van der Waals surface area contributed by atoms with Gasteiger partial charge in [-0.25, -0.2) is 13.2 Å². The predicted octanol–water partition coefficient (Wildman–Crippen LogP) is 2.36. The largest absolute Gasteiger partial charge is 0.321 e. The summed E-state index contributed by atoms with van der Waals surface area (Å²) in [5.74, 6) is -3.62. The van der Waals surface area contributed by atoms with Crippen LogP contribution >= 0.6 is 12.6 Å². The second kappa shape index (κ2) is 5.06. The lowest BCUT2D eigenvalue weighted by molar-refractivity contribution is -0.115. The fourth-order valence-electron chi connectivity index (χ4n) is 0.965. The van der Waals surface area contributed by atoms with Crippen molar-refractivity contribution < 1.29 is 18.0 Å². The summed E-state index contributed by atoms with van der Waals surface area (Å²) in [4.78, 5) is 11.0. The van der Waals surface area contributed by atoms with Gasteiger partial charge in [-0.05, 0) is 5.75 Å². The van der Waals surface area contributed by atoms with Crippen LogP contribution < -0.4 is 5.32 Å². The summed E-state index contributed by atoms with van der Waals surface area (Å²) in [6, 6.07) is 0.999. The van der Waals surface area contributed by atoms with Crippen LogP contribution in [0.1, 0.15) is 6.42 Å². The molecular formula is C9H8F3NOS. The number of carbonyl (C=O) groups excluding carboxylic acids is 1. The number of rotatable bonds is 3. The monoisotopic (exact) mass is 235 g/mol. The predicted molar refractivity (Wildman–Crippen MR) is 53.4 cm³/mol. The van der Waals surface area contributed by atoms with Crippen molar-refractivity contribution >= 4 is 24.2 Å². The van der Waals surface area contributed by atoms with Gasteiger partial charge in [-0.1, -0.05) is 0 Å². The number of anilines is 1. The molecule has 1 aromatic carbocycles. The van der Waals surface area contributed by atoms with Crippen molar-refractivity contribution in [2.24, 2.45) is 0 Å². The molecule has 0 aliphatic carbocycles. The lowest BCUT2D eigenvalue weighted by Crippen LogP contribution is -2.14. The van der Waals surface area contributed by atoms with E-state index in [2.05, 4.69) is 12.6 Å². The Kier molecular flexibility index (Phi) is 4.02. The van der Waals surface area contributed by atoms with Gasteiger partial charge in [0.2, 0.25) is 5.91 Å². The Balaban J connectivity index is 2.90. The highest BCUT2D eigenvalue weighted by Gasteiger charge is 2.13. The van der Waals surface area contributed by atoms with E-state index >= 15 is 0 Å². The number of thiol groups is 1. The maximum atomic E-state index is 13.0. The third-order valence-electron chi connectivity index (χ3n) is 1.61. The average Bonchev–Trinajstić information content (AvgIpc) is 2.11. The number of benzene rings is 1. The fraction of sp³-hybridized carbons (Fsp3) is 0.222. The summed E-state index contributed by atoms with van der Waals surface area (Å²) in [6.07, 6.45) is 0.0272. The Morgan fingerprint density at radius 3 is 2.27 bits per heavy atom. The molecule has 0 atom stereocenters. The molecule has 1 aromatic rings. The van der Waals surface area contributed by atoms with Crippen molar-refractivity contribution in [2.45, 2.75) is 6.42 Å². The lowest BCUT2D eigenvalue weighted by Gasteiger charge is -2.06. The van der Waals surface area contributed by atoms with Crippen LogP contribution in [-0.2, 0) is 4.79 Å². The minimum absolute atomic E-state index is 0.0272. The maximum Gasteiger partial charge on any atom is 0.225 e. The normalized spacial score (nSPS) is 10.1. The van der Waals surface area contributed by atoms with E-state index in [1.807, 2.05) is 5.32 Å². The Labute approximate surface area is 89.9 Å². The molecule has 6 heteroatoms. The van der Waals surface area contributed by atoms with Gasteiger partial charge in [-0.15, -0.1) is 0 Å². The van der Waals surface area contributed by atoms with Gasteiger partial charge in [0.25, 0.3) is 0 Å². The van der Waals surface area contributed by atoms with Gasteiger partial charge >= 0.3 is 0 Å². The molecule has 0 aliphatic heterocycles. The smallest absolute Gasteiger partial charge is 0.225 e. The zero-order valence-electron chi connectivity index (χ0n) is 7.56. The van der Waals surface area contributed by atoms with Crippen molar-refractivity contribution in [3.63, 3.8) is 0 Å². The topological polar surface area (TPSA) is 29.1 Å². The summed E-state index contributed by atoms with van der Waals surface area (Å²) < 4.78 is 38.5. The van der Waals surface area contributed by atoms with Crippen LogP contribution in [0.5, 0.6) is 0 Å². The first-order chi connectivity index (χ1) is 7.04. The van der Waals surface area contributed by atoms with Crippen LogP contribution in [0.2, 0.25) is 0 Å². The molecule has 0 aromatic heterocycles. The average molecular weight is 235 g/mol. The van der Waals surface area contributed by atoms with Gasteiger partial charge < -0.3 is 5.32 Å². The molecule has 0 unspecified atom stereocenters. The van der Waals surface area contributed by atoms with Crippen molar-refractivity contribution in [2.75, 3.05) is 11.1 Å². The molecule has 15 heavy (non-hydrogen) atoms. The van der Waals surface area contributed by atoms with E-state index in [-0.39, 0.29) is 12.2 Å². The Bertz CT molecular complexity index is 361. The molecule has 0 radical (unpaired) electrons. The molecule has 82 valence electrons. The number of hydrogen-bond acceptors (Lipinski definition) is 2. The summed E-state index contributed by atoms with van der Waals surface area (Å²) >= 11 is 3.79. The summed E-state index contributed by atoms with van der Waals surface area (Å²) in [6.45, 7) is 0. The van der Waals surface area contributed by atoms with Crippen LogP contribution in [0.4, 0.5) is 18.9 Å². The SMILES string of the molecule is O=C(CCS)Nc1c(F)cc(F)cc1F. The molecule has 0 saturated carbocycles. The van der Waals surface area contributed by atoms with Crippen molar-refractivity contribution in [1.29, 1.82) is 0 Å². The standard InChI is InChI=1S/C9H8F3NOS/c10-5-3-6(11)9(7(12)4-5)13-8(14)1-2-15/h3-4,15H,1-2H2,(H,13,14). The summed E-state index contributed by atoms with van der Waals surface area (Å²) in [5.41, 5.74) is -0.636. The molecule has 1 N–H and O–H groups in total. The van der Waals surface area contributed by atoms with E-state index < -0.39 is 29.0 Å². The first-order valence-electron chi connectivity index (χ1n) is 4.10. The van der Waals surface area contributed by atoms with Crippen molar-refractivity contribution in [3.8, 4) is 0 Å². The quantitative estimate of drug-likeness (QED) is 0.774. The van der Waals surface area contributed by atoms with Gasteiger partial charge in [0.1, 0.15) is 11.5 Å². The third-order valence-corrected chi connectivity index (χ3v) is 1.83. The van der Waals surface area contributed by atoms with Crippen molar-refractivity contribution in [3.05, 3.63) is 29.6 Å². The highest BCUT2D eigenvalue weighted by atomic mass is 32.1. The van der Waals surface area contributed by atoms with Crippen molar-refractivity contribution in [1.82, 2.24) is 0 Å². The zero-order valence-corrected chi connectivity index (χ0v) is 8.45. The highest BCUT2D eigenvalue weighted by Crippen LogP contribution is 2.20. The van der Waals surface area contributed by atoms with Gasteiger partial charge in [-0.2, -0.15) is 12.6 Å². The molecule has 2 nitrogen and oxygen atoms in total. The van der Waals surface area contributed by atoms with Crippen LogP contribution in [0.3, 0.4) is 0 Å². The summed E-state index contributed by atoms with van der Waals surface area (Å²) in [5, 5.41) is 2.00. The molecule has 0 fully saturated rings. The van der Waals surface area contributed by atoms with Crippen LogP contribution in [0, 0.1) is 17.5 Å². The second-order valence-corrected chi connectivity index (χ2v) is 3.21. The van der Waals surface area contributed by atoms with E-state index in [1.54, 1.807) is 0 Å². The fourth-order valence-corrected chi connectivity index (χ4v) is 1.17. The van der Waals surface area contributed by atoms with E-state index in [4.69, 9.17) is 0 Å². The number of amides is 1. The Hall–Kier alpha value is -1.17. The Morgan fingerprint density at radius 1 is 1.27 bits per heavy atom. The molecule has 0 aliphatic rings. The van der Waals surface area contributed by atoms with Gasteiger partial charge in [-0.3, -0.25) is 4.79 Å². The second-order valence-electron chi connectivity index (χ2n) is 2.77. The zero-order chi connectivity index (χ0) is 11.4. The Morgan fingerprint density at radius 2 is 1.80 bits per heavy atom. The lowest BCUT2D eigenvalue weighted by atomic mass is 10.2. The number of hydrogen-bond donors (Lipinski definition) is 2. The van der Waals surface area contributed by atoms with Gasteiger partial charge in [0, 0.05) is 18.6 Å². The number of nitrogens with one attached hydrogen (secondary N) is 1. The number of halogens is 3. The summed E-state index contributed by atoms with van der Waals surface area (Å²) in [7, 11) is 0. The van der Waals surface area contributed by atoms with Gasteiger partial charge in [0.05, 0.1) is 0 Å². The van der Waals surface area contributed by atoms with E-state index in [0.717, 1.165) is 0 Å². The molecular weight excluding hydrogens is 227 g/mol. The third kappa shape index (κ3) is 3.16. The molecule has 0 heterocycles. The van der Waals surface area contributed by atoms with Crippen LogP contribution in [0.15, 0.2) is 12.1 Å². The van der Waals surface area contributed by atoms with Gasteiger partial charge in [0.15, 0.2) is 11.6 Å². The van der Waals surface area contributed by atoms with E-state index in [9.17, 15) is 18.0 Å². The van der Waals surface area contributed by atoms with Crippen LogP contribution in [0.25, 0.3) is 0 Å². The maximum absolute atomic E-state index is 13.0. The first-order valence-corrected chi connectivity index (χ1v) is 4.73. The first kappa shape index (κ1) is 11.9. The number of carbonyl (C=O) groups is 1. The van der Waals surface area contributed by atoms with E-state index in [1.165, 1.54) is 0 Å². The molecule has 1 rings (SSSR count). The van der Waals surface area contributed by atoms with E-state index in [0.29, 0.717) is 12.1 Å². The minimum atomic E-state index is -1.14.